The number of carbonyl (C=O) groups excluding carboxylic acids is 1. The molecular weight excluding hydrogens is 562 g/mol. The Hall–Kier alpha value is -1.87. The van der Waals surface area contributed by atoms with Gasteiger partial charge in [-0.2, -0.15) is 5.26 Å². The van der Waals surface area contributed by atoms with Crippen LogP contribution in [-0.4, -0.2) is 36.4 Å². The average Bonchev–Trinajstić information content (AvgIpc) is 3.33. The predicted molar refractivity (Wildman–Crippen MR) is 176 cm³/mol. The molecule has 0 heterocycles. The van der Waals surface area contributed by atoms with Gasteiger partial charge in [0.05, 0.1) is 17.9 Å². The lowest BCUT2D eigenvalue weighted by Gasteiger charge is -2.73. The normalized spacial score (nSPS) is 43.5. The van der Waals surface area contributed by atoms with E-state index in [1.54, 1.807) is 13.8 Å². The van der Waals surface area contributed by atoms with E-state index in [4.69, 9.17) is 14.7 Å². The molecule has 0 bridgehead atoms. The second-order valence-electron chi connectivity index (χ2n) is 18.2. The van der Waals surface area contributed by atoms with E-state index in [2.05, 4.69) is 54.2 Å². The maximum atomic E-state index is 13.0. The van der Waals surface area contributed by atoms with Crippen molar-refractivity contribution in [2.24, 2.45) is 62.1 Å². The summed E-state index contributed by atoms with van der Waals surface area (Å²) in [5.74, 6) is 1.63. The molecule has 0 saturated heterocycles. The second-order valence-corrected chi connectivity index (χ2v) is 18.2. The van der Waals surface area contributed by atoms with Gasteiger partial charge in [0, 0.05) is 12.0 Å². The van der Waals surface area contributed by atoms with Crippen LogP contribution in [0.25, 0.3) is 0 Å². The van der Waals surface area contributed by atoms with Crippen LogP contribution in [0.4, 0.5) is 0 Å². The smallest absolute Gasteiger partial charge is 0.309 e. The third-order valence-corrected chi connectivity index (χ3v) is 15.5. The molecule has 45 heavy (non-hydrogen) atoms. The molecule has 5 aliphatic carbocycles. The first-order chi connectivity index (χ1) is 20.9. The molecule has 0 radical (unpaired) electrons. The van der Waals surface area contributed by atoms with Crippen molar-refractivity contribution >= 4 is 11.9 Å². The molecule has 5 rings (SSSR count). The summed E-state index contributed by atoms with van der Waals surface area (Å²) >= 11 is 0. The number of carboxylic acid groups (broad SMARTS) is 1. The number of allylic oxidation sites excluding steroid dienone is 1. The van der Waals surface area contributed by atoms with Crippen molar-refractivity contribution in [3.05, 3.63) is 12.2 Å². The molecule has 5 aliphatic rings. The van der Waals surface area contributed by atoms with E-state index in [9.17, 15) is 14.7 Å². The Kier molecular flexibility index (Phi) is 8.94. The Morgan fingerprint density at radius 3 is 2.29 bits per heavy atom. The van der Waals surface area contributed by atoms with E-state index in [0.29, 0.717) is 41.6 Å². The number of carboxylic acids is 1. The summed E-state index contributed by atoms with van der Waals surface area (Å²) in [4.78, 5) is 24.7. The fourth-order valence-corrected chi connectivity index (χ4v) is 12.9. The van der Waals surface area contributed by atoms with Crippen molar-refractivity contribution in [1.82, 2.24) is 0 Å². The van der Waals surface area contributed by atoms with Crippen LogP contribution in [0, 0.1) is 73.4 Å². The number of carbonyl (C=O) groups is 2. The fraction of sp³-hybridized carbons (Fsp3) is 0.872. The van der Waals surface area contributed by atoms with E-state index in [0.717, 1.165) is 25.7 Å². The highest BCUT2D eigenvalue weighted by atomic mass is 16.5. The maximum Gasteiger partial charge on any atom is 0.309 e. The zero-order valence-corrected chi connectivity index (χ0v) is 29.6. The van der Waals surface area contributed by atoms with Crippen molar-refractivity contribution < 1.29 is 24.2 Å². The Morgan fingerprint density at radius 2 is 1.64 bits per heavy atom. The average molecular weight is 624 g/mol. The molecule has 0 aliphatic heterocycles. The van der Waals surface area contributed by atoms with E-state index in [-0.39, 0.29) is 46.8 Å². The van der Waals surface area contributed by atoms with Crippen molar-refractivity contribution in [2.45, 2.75) is 139 Å². The van der Waals surface area contributed by atoms with Crippen LogP contribution < -0.4 is 0 Å². The summed E-state index contributed by atoms with van der Waals surface area (Å²) in [7, 11) is 0. The topological polar surface area (TPSA) is 96.6 Å². The van der Waals surface area contributed by atoms with Gasteiger partial charge in [0.25, 0.3) is 0 Å². The van der Waals surface area contributed by atoms with Crippen LogP contribution in [0.1, 0.15) is 132 Å². The molecule has 0 spiro atoms. The van der Waals surface area contributed by atoms with Gasteiger partial charge in [-0.1, -0.05) is 46.8 Å². The van der Waals surface area contributed by atoms with Crippen LogP contribution in [0.2, 0.25) is 0 Å². The number of ether oxygens (including phenoxy) is 2. The standard InChI is InChI=1S/C39H61NO5/c1-25(2)26-12-17-39(20-22-44-23-21-40)19-18-37(8)27(32(26)39)10-11-29-36(7)15-14-30(45-31(41)24-34(3,4)33(42)43)35(5,6)28(36)13-16-38(29,37)9/h26-30,32H,1,10-20,22-24H2,2-9H3,(H,42,43)/t26-,27+,28-,29+,30-,32+,36-,37+,38+,39+/m0/s1. The molecule has 1 N–H and O–H groups in total. The van der Waals surface area contributed by atoms with Crippen LogP contribution in [0.3, 0.4) is 0 Å². The number of nitrogens with zero attached hydrogens (tertiary/aromatic N) is 1. The van der Waals surface area contributed by atoms with Gasteiger partial charge in [-0.25, -0.2) is 0 Å². The molecule has 0 unspecified atom stereocenters. The third kappa shape index (κ3) is 5.30. The number of rotatable bonds is 9. The molecule has 0 aromatic rings. The first-order valence-corrected chi connectivity index (χ1v) is 17.9. The molecule has 5 fully saturated rings. The number of fused-ring (bicyclic) bond motifs is 7. The molecule has 0 amide bonds. The largest absolute Gasteiger partial charge is 0.481 e. The van der Waals surface area contributed by atoms with Crippen molar-refractivity contribution in [3.63, 3.8) is 0 Å². The quantitative estimate of drug-likeness (QED) is 0.156. The number of hydrogen-bond acceptors (Lipinski definition) is 5. The van der Waals surface area contributed by atoms with E-state index >= 15 is 0 Å². The van der Waals surface area contributed by atoms with Gasteiger partial charge in [-0.15, -0.1) is 0 Å². The molecule has 252 valence electrons. The molecule has 6 nitrogen and oxygen atoms in total. The van der Waals surface area contributed by atoms with Crippen molar-refractivity contribution in [2.75, 3.05) is 13.2 Å². The predicted octanol–water partition coefficient (Wildman–Crippen LogP) is 8.99. The maximum absolute atomic E-state index is 13.0. The van der Waals surface area contributed by atoms with Gasteiger partial charge >= 0.3 is 11.9 Å². The van der Waals surface area contributed by atoms with Gasteiger partial charge in [-0.05, 0) is 143 Å². The SMILES string of the molecule is C=C(C)[C@@H]1CC[C@]2(CCOCC#N)CC[C@]3(C)[C@H](CC[C@@H]4[C@@]5(C)CC[C@H](OC(=O)CC(C)(C)C(=O)O)C(C)(C)[C@@H]5CC[C@]43C)[C@@H]12. The number of hydrogen-bond donors (Lipinski definition) is 1. The number of aliphatic carboxylic acids is 1. The van der Waals surface area contributed by atoms with Crippen LogP contribution in [0.5, 0.6) is 0 Å². The Labute approximate surface area is 273 Å². The van der Waals surface area contributed by atoms with Crippen LogP contribution in [-0.2, 0) is 19.1 Å². The monoisotopic (exact) mass is 623 g/mol. The Morgan fingerprint density at radius 1 is 0.933 bits per heavy atom. The first-order valence-electron chi connectivity index (χ1n) is 17.9. The fourth-order valence-electron chi connectivity index (χ4n) is 12.9. The van der Waals surface area contributed by atoms with E-state index in [1.165, 1.54) is 50.5 Å². The highest BCUT2D eigenvalue weighted by Crippen LogP contribution is 2.78. The minimum absolute atomic E-state index is 0.102. The Bertz CT molecular complexity index is 1230. The molecule has 0 aromatic heterocycles. The lowest BCUT2D eigenvalue weighted by atomic mass is 9.32. The third-order valence-electron chi connectivity index (χ3n) is 15.5. The molecule has 0 aromatic carbocycles. The van der Waals surface area contributed by atoms with Crippen molar-refractivity contribution in [1.29, 1.82) is 5.26 Å². The minimum Gasteiger partial charge on any atom is -0.481 e. The van der Waals surface area contributed by atoms with Crippen LogP contribution in [0.15, 0.2) is 12.2 Å². The van der Waals surface area contributed by atoms with Crippen molar-refractivity contribution in [3.8, 4) is 6.07 Å². The summed E-state index contributed by atoms with van der Waals surface area (Å²) in [6.45, 7) is 23.4. The summed E-state index contributed by atoms with van der Waals surface area (Å²) in [5.41, 5.74) is 1.04. The lowest BCUT2D eigenvalue weighted by Crippen LogP contribution is -2.66. The first kappa shape index (κ1) is 34.5. The zero-order valence-electron chi connectivity index (χ0n) is 29.6. The zero-order chi connectivity index (χ0) is 33.2. The van der Waals surface area contributed by atoms with Gasteiger partial charge in [0.2, 0.25) is 0 Å². The summed E-state index contributed by atoms with van der Waals surface area (Å²) in [6, 6.07) is 2.15. The van der Waals surface area contributed by atoms with Gasteiger partial charge in [-0.3, -0.25) is 9.59 Å². The van der Waals surface area contributed by atoms with E-state index in [1.807, 2.05) is 0 Å². The number of esters is 1. The highest BCUT2D eigenvalue weighted by molar-refractivity contribution is 5.81. The summed E-state index contributed by atoms with van der Waals surface area (Å²) in [6.07, 6.45) is 12.6. The van der Waals surface area contributed by atoms with E-state index < -0.39 is 11.4 Å². The summed E-state index contributed by atoms with van der Waals surface area (Å²) < 4.78 is 11.9. The lowest BCUT2D eigenvalue weighted by molar-refractivity contribution is -0.251. The number of nitriles is 1. The van der Waals surface area contributed by atoms with Gasteiger partial charge in [0.1, 0.15) is 12.7 Å². The van der Waals surface area contributed by atoms with Crippen LogP contribution >= 0.6 is 0 Å². The van der Waals surface area contributed by atoms with Gasteiger partial charge in [0.15, 0.2) is 0 Å². The Balaban J connectivity index is 1.39. The second kappa shape index (κ2) is 11.7. The highest BCUT2D eigenvalue weighted by Gasteiger charge is 2.71. The molecule has 5 saturated carbocycles. The van der Waals surface area contributed by atoms with Gasteiger partial charge < -0.3 is 14.6 Å². The summed E-state index contributed by atoms with van der Waals surface area (Å²) in [5, 5.41) is 18.6. The molecule has 6 heteroatoms. The molecular formula is C39H61NO5. The minimum atomic E-state index is -1.13. The molecule has 10 atom stereocenters.